The maximum atomic E-state index is 5.87. The molecule has 0 fully saturated rings. The van der Waals surface area contributed by atoms with Crippen LogP contribution in [0.2, 0.25) is 0 Å². The number of halogens is 1. The summed E-state index contributed by atoms with van der Waals surface area (Å²) in [5.41, 5.74) is 6.56. The van der Waals surface area contributed by atoms with Crippen LogP contribution in [0.15, 0.2) is 16.7 Å². The Kier molecular flexibility index (Phi) is 4.88. The van der Waals surface area contributed by atoms with Crippen molar-refractivity contribution in [3.63, 3.8) is 0 Å². The molecular weight excluding hydrogens is 254 g/mol. The van der Waals surface area contributed by atoms with E-state index in [-0.39, 0.29) is 0 Å². The fourth-order valence-corrected chi connectivity index (χ4v) is 1.84. The molecule has 0 aromatic carbocycles. The first kappa shape index (κ1) is 12.3. The van der Waals surface area contributed by atoms with Crippen LogP contribution >= 0.6 is 15.9 Å². The van der Waals surface area contributed by atoms with Gasteiger partial charge in [-0.15, -0.1) is 0 Å². The van der Waals surface area contributed by atoms with Gasteiger partial charge in [0.25, 0.3) is 0 Å². The third-order valence-corrected chi connectivity index (χ3v) is 2.79. The van der Waals surface area contributed by atoms with Gasteiger partial charge in [0.05, 0.1) is 5.69 Å². The van der Waals surface area contributed by atoms with Crippen LogP contribution in [-0.4, -0.2) is 11.0 Å². The maximum Gasteiger partial charge on any atom is 0.149 e. The van der Waals surface area contributed by atoms with E-state index < -0.39 is 0 Å². The van der Waals surface area contributed by atoms with Gasteiger partial charge in [0.1, 0.15) is 5.82 Å². The minimum absolute atomic E-state index is 0.464. The van der Waals surface area contributed by atoms with E-state index in [0.717, 1.165) is 23.1 Å². The Morgan fingerprint density at radius 2 is 2.27 bits per heavy atom. The van der Waals surface area contributed by atoms with E-state index in [1.807, 2.05) is 6.07 Å². The molecule has 1 aromatic rings. The summed E-state index contributed by atoms with van der Waals surface area (Å²) in [6.07, 6.45) is 5.16. The number of nitrogens with two attached hydrogens (primary N) is 1. The number of hydrogen-bond acceptors (Lipinski definition) is 3. The first-order valence-electron chi connectivity index (χ1n) is 5.34. The van der Waals surface area contributed by atoms with E-state index in [9.17, 15) is 0 Å². The molecule has 1 atom stereocenters. The second-order valence-electron chi connectivity index (χ2n) is 3.63. The molecule has 0 radical (unpaired) electrons. The fraction of sp³-hybridized carbons (Fsp3) is 0.545. The first-order chi connectivity index (χ1) is 7.17. The molecular formula is C11H18BrN3. The zero-order chi connectivity index (χ0) is 11.3. The summed E-state index contributed by atoms with van der Waals surface area (Å²) in [7, 11) is 0. The van der Waals surface area contributed by atoms with E-state index in [2.05, 4.69) is 40.1 Å². The molecule has 0 amide bonds. The van der Waals surface area contributed by atoms with Crippen LogP contribution in [0.25, 0.3) is 0 Å². The third-order valence-electron chi connectivity index (χ3n) is 2.35. The zero-order valence-electron chi connectivity index (χ0n) is 9.26. The molecule has 4 heteroatoms. The highest BCUT2D eigenvalue weighted by molar-refractivity contribution is 9.10. The van der Waals surface area contributed by atoms with Crippen LogP contribution in [0.4, 0.5) is 11.5 Å². The number of anilines is 2. The summed E-state index contributed by atoms with van der Waals surface area (Å²) in [5.74, 6) is 0.790. The molecule has 0 bridgehead atoms. The van der Waals surface area contributed by atoms with Crippen molar-refractivity contribution in [3.05, 3.63) is 16.7 Å². The van der Waals surface area contributed by atoms with Gasteiger partial charge in [-0.3, -0.25) is 0 Å². The lowest BCUT2D eigenvalue weighted by atomic mass is 10.1. The highest BCUT2D eigenvalue weighted by Crippen LogP contribution is 2.21. The molecule has 3 N–H and O–H groups in total. The maximum absolute atomic E-state index is 5.87. The van der Waals surface area contributed by atoms with Crippen molar-refractivity contribution >= 4 is 27.4 Å². The SMILES string of the molecule is CCCC(CC)Nc1ncc(Br)cc1N. The van der Waals surface area contributed by atoms with Gasteiger partial charge in [-0.2, -0.15) is 0 Å². The molecule has 0 saturated heterocycles. The number of aromatic nitrogens is 1. The van der Waals surface area contributed by atoms with Crippen molar-refractivity contribution in [3.8, 4) is 0 Å². The lowest BCUT2D eigenvalue weighted by Gasteiger charge is -2.17. The monoisotopic (exact) mass is 271 g/mol. The largest absolute Gasteiger partial charge is 0.396 e. The smallest absolute Gasteiger partial charge is 0.149 e. The number of rotatable bonds is 5. The average molecular weight is 272 g/mol. The van der Waals surface area contributed by atoms with Crippen LogP contribution < -0.4 is 11.1 Å². The van der Waals surface area contributed by atoms with Crippen molar-refractivity contribution in [2.45, 2.75) is 39.2 Å². The predicted molar refractivity (Wildman–Crippen MR) is 69.0 cm³/mol. The predicted octanol–water partition coefficient (Wildman–Crippen LogP) is 3.42. The third kappa shape index (κ3) is 3.70. The van der Waals surface area contributed by atoms with Gasteiger partial charge in [0.15, 0.2) is 0 Å². The Labute approximate surface area is 99.6 Å². The normalized spacial score (nSPS) is 12.5. The van der Waals surface area contributed by atoms with Crippen LogP contribution in [0.1, 0.15) is 33.1 Å². The second kappa shape index (κ2) is 5.95. The summed E-state index contributed by atoms with van der Waals surface area (Å²) in [6, 6.07) is 2.33. The Balaban J connectivity index is 2.70. The van der Waals surface area contributed by atoms with E-state index in [4.69, 9.17) is 5.73 Å². The van der Waals surface area contributed by atoms with E-state index in [1.165, 1.54) is 6.42 Å². The standard InChI is InChI=1S/C11H18BrN3/c1-3-5-9(4-2)15-11-10(13)6-8(12)7-14-11/h6-7,9H,3-5,13H2,1-2H3,(H,14,15). The van der Waals surface area contributed by atoms with Gasteiger partial charge in [0, 0.05) is 16.7 Å². The molecule has 0 aliphatic heterocycles. The summed E-state index contributed by atoms with van der Waals surface area (Å²) < 4.78 is 0.911. The number of nitrogens with zero attached hydrogens (tertiary/aromatic N) is 1. The highest BCUT2D eigenvalue weighted by Gasteiger charge is 2.08. The molecule has 1 unspecified atom stereocenters. The Hall–Kier alpha value is -0.770. The second-order valence-corrected chi connectivity index (χ2v) is 4.55. The minimum Gasteiger partial charge on any atom is -0.396 e. The summed E-state index contributed by atoms with van der Waals surface area (Å²) in [4.78, 5) is 4.26. The van der Waals surface area contributed by atoms with Crippen molar-refractivity contribution in [2.24, 2.45) is 0 Å². The zero-order valence-corrected chi connectivity index (χ0v) is 10.8. The molecule has 1 heterocycles. The molecule has 3 nitrogen and oxygen atoms in total. The number of pyridine rings is 1. The van der Waals surface area contributed by atoms with Crippen LogP contribution in [0.5, 0.6) is 0 Å². The highest BCUT2D eigenvalue weighted by atomic mass is 79.9. The first-order valence-corrected chi connectivity index (χ1v) is 6.14. The van der Waals surface area contributed by atoms with Gasteiger partial charge in [0.2, 0.25) is 0 Å². The van der Waals surface area contributed by atoms with Gasteiger partial charge in [-0.05, 0) is 34.8 Å². The minimum atomic E-state index is 0.464. The molecule has 0 saturated carbocycles. The Bertz CT molecular complexity index is 315. The molecule has 0 aliphatic carbocycles. The van der Waals surface area contributed by atoms with Crippen molar-refractivity contribution in [1.82, 2.24) is 4.98 Å². The lowest BCUT2D eigenvalue weighted by Crippen LogP contribution is -2.19. The van der Waals surface area contributed by atoms with Gasteiger partial charge < -0.3 is 11.1 Å². The van der Waals surface area contributed by atoms with E-state index >= 15 is 0 Å². The molecule has 1 aromatic heterocycles. The van der Waals surface area contributed by atoms with Crippen molar-refractivity contribution < 1.29 is 0 Å². The summed E-state index contributed by atoms with van der Waals surface area (Å²) in [5, 5.41) is 3.37. The molecule has 15 heavy (non-hydrogen) atoms. The summed E-state index contributed by atoms with van der Waals surface area (Å²) in [6.45, 7) is 4.35. The fourth-order valence-electron chi connectivity index (χ4n) is 1.50. The number of nitrogen functional groups attached to an aromatic ring is 1. The Morgan fingerprint density at radius 1 is 1.53 bits per heavy atom. The number of hydrogen-bond donors (Lipinski definition) is 2. The quantitative estimate of drug-likeness (QED) is 0.863. The average Bonchev–Trinajstić information content (AvgIpc) is 2.21. The topological polar surface area (TPSA) is 50.9 Å². The van der Waals surface area contributed by atoms with Gasteiger partial charge in [-0.25, -0.2) is 4.98 Å². The van der Waals surface area contributed by atoms with Gasteiger partial charge in [-0.1, -0.05) is 20.3 Å². The van der Waals surface area contributed by atoms with Crippen LogP contribution in [0.3, 0.4) is 0 Å². The van der Waals surface area contributed by atoms with Gasteiger partial charge >= 0.3 is 0 Å². The van der Waals surface area contributed by atoms with E-state index in [1.54, 1.807) is 6.20 Å². The van der Waals surface area contributed by atoms with E-state index in [0.29, 0.717) is 11.7 Å². The number of nitrogens with one attached hydrogen (secondary N) is 1. The molecule has 1 rings (SSSR count). The molecule has 0 aliphatic rings. The molecule has 0 spiro atoms. The van der Waals surface area contributed by atoms with Crippen LogP contribution in [-0.2, 0) is 0 Å². The Morgan fingerprint density at radius 3 is 2.80 bits per heavy atom. The van der Waals surface area contributed by atoms with Crippen molar-refractivity contribution in [1.29, 1.82) is 0 Å². The lowest BCUT2D eigenvalue weighted by molar-refractivity contribution is 0.621. The van der Waals surface area contributed by atoms with Crippen molar-refractivity contribution in [2.75, 3.05) is 11.1 Å². The summed E-state index contributed by atoms with van der Waals surface area (Å²) >= 11 is 3.34. The molecule has 84 valence electrons. The van der Waals surface area contributed by atoms with Crippen LogP contribution in [0, 0.1) is 0 Å².